The van der Waals surface area contributed by atoms with Crippen molar-refractivity contribution in [2.75, 3.05) is 12.4 Å². The summed E-state index contributed by atoms with van der Waals surface area (Å²) in [5.41, 5.74) is -0.532. The summed E-state index contributed by atoms with van der Waals surface area (Å²) in [6.45, 7) is 3.66. The monoisotopic (exact) mass is 207 g/mol. The molecule has 1 aromatic heterocycles. The maximum absolute atomic E-state index is 11.0. The second kappa shape index (κ2) is 4.05. The van der Waals surface area contributed by atoms with Crippen LogP contribution >= 0.6 is 0 Å². The minimum Gasteiger partial charge on any atom is -0.358 e. The van der Waals surface area contributed by atoms with Crippen LogP contribution in [0.1, 0.15) is 19.6 Å². The van der Waals surface area contributed by atoms with E-state index in [1.54, 1.807) is 6.07 Å². The van der Waals surface area contributed by atoms with Crippen LogP contribution in [0.4, 0.5) is 10.6 Å². The van der Waals surface area contributed by atoms with Crippen LogP contribution in [0, 0.1) is 12.3 Å². The molecular formula is C10H13N3O2. The number of hydrogen-bond acceptors (Lipinski definition) is 3. The van der Waals surface area contributed by atoms with Gasteiger partial charge in [-0.15, -0.1) is 6.42 Å². The molecule has 5 heteroatoms. The second-order valence-electron chi connectivity index (χ2n) is 3.55. The van der Waals surface area contributed by atoms with Crippen molar-refractivity contribution in [2.45, 2.75) is 19.3 Å². The van der Waals surface area contributed by atoms with E-state index in [9.17, 15) is 4.79 Å². The van der Waals surface area contributed by atoms with Gasteiger partial charge in [0.2, 0.25) is 0 Å². The van der Waals surface area contributed by atoms with Crippen LogP contribution in [0.25, 0.3) is 0 Å². The van der Waals surface area contributed by atoms with E-state index in [0.717, 1.165) is 0 Å². The van der Waals surface area contributed by atoms with Crippen LogP contribution < -0.4 is 10.6 Å². The third-order valence-corrected chi connectivity index (χ3v) is 1.96. The number of nitrogens with one attached hydrogen (secondary N) is 2. The molecule has 0 unspecified atom stereocenters. The van der Waals surface area contributed by atoms with Crippen LogP contribution in [-0.2, 0) is 5.41 Å². The molecule has 0 aliphatic heterocycles. The van der Waals surface area contributed by atoms with Gasteiger partial charge in [0.1, 0.15) is 0 Å². The first-order chi connectivity index (χ1) is 6.99. The van der Waals surface area contributed by atoms with Gasteiger partial charge in [0.15, 0.2) is 11.6 Å². The molecule has 0 atom stereocenters. The standard InChI is InChI=1S/C10H13N3O2/c1-5-10(2,3)7-6-8(13-15-7)12-9(14)11-4/h1,6H,2-4H3,(H2,11,12,13,14). The normalized spacial score (nSPS) is 10.5. The predicted octanol–water partition coefficient (Wildman–Crippen LogP) is 1.34. The van der Waals surface area contributed by atoms with Crippen LogP contribution in [0.15, 0.2) is 10.6 Å². The highest BCUT2D eigenvalue weighted by molar-refractivity contribution is 5.87. The molecule has 1 rings (SSSR count). The largest absolute Gasteiger partial charge is 0.358 e. The first kappa shape index (κ1) is 11.1. The van der Waals surface area contributed by atoms with E-state index >= 15 is 0 Å². The van der Waals surface area contributed by atoms with Gasteiger partial charge < -0.3 is 9.84 Å². The summed E-state index contributed by atoms with van der Waals surface area (Å²) in [7, 11) is 1.52. The molecule has 0 fully saturated rings. The summed E-state index contributed by atoms with van der Waals surface area (Å²) in [5, 5.41) is 8.56. The van der Waals surface area contributed by atoms with Gasteiger partial charge in [0, 0.05) is 13.1 Å². The Hall–Kier alpha value is -1.96. The maximum atomic E-state index is 11.0. The molecule has 0 spiro atoms. The van der Waals surface area contributed by atoms with Crippen molar-refractivity contribution in [3.8, 4) is 12.3 Å². The van der Waals surface area contributed by atoms with Gasteiger partial charge in [-0.1, -0.05) is 11.1 Å². The lowest BCUT2D eigenvalue weighted by Crippen LogP contribution is -2.24. The summed E-state index contributed by atoms with van der Waals surface area (Å²) < 4.78 is 5.03. The van der Waals surface area contributed by atoms with Gasteiger partial charge in [0.05, 0.1) is 5.41 Å². The van der Waals surface area contributed by atoms with Crippen molar-refractivity contribution in [3.05, 3.63) is 11.8 Å². The fraction of sp³-hybridized carbons (Fsp3) is 0.400. The molecule has 0 radical (unpaired) electrons. The molecule has 0 saturated heterocycles. The number of terminal acetylenes is 1. The Balaban J connectivity index is 2.82. The topological polar surface area (TPSA) is 67.2 Å². The van der Waals surface area contributed by atoms with Crippen molar-refractivity contribution in [1.82, 2.24) is 10.5 Å². The molecule has 1 aromatic rings. The molecule has 0 saturated carbocycles. The quantitative estimate of drug-likeness (QED) is 0.719. The van der Waals surface area contributed by atoms with Gasteiger partial charge in [0.25, 0.3) is 0 Å². The van der Waals surface area contributed by atoms with E-state index in [0.29, 0.717) is 11.6 Å². The highest BCUT2D eigenvalue weighted by Gasteiger charge is 2.23. The first-order valence-corrected chi connectivity index (χ1v) is 4.43. The van der Waals surface area contributed by atoms with E-state index in [-0.39, 0.29) is 6.03 Å². The number of anilines is 1. The summed E-state index contributed by atoms with van der Waals surface area (Å²) in [5.74, 6) is 3.45. The molecular weight excluding hydrogens is 194 g/mol. The zero-order valence-electron chi connectivity index (χ0n) is 8.92. The third kappa shape index (κ3) is 2.50. The Bertz CT molecular complexity index is 401. The van der Waals surface area contributed by atoms with Crippen molar-refractivity contribution in [3.63, 3.8) is 0 Å². The molecule has 2 N–H and O–H groups in total. The van der Waals surface area contributed by atoms with Crippen molar-refractivity contribution in [1.29, 1.82) is 0 Å². The van der Waals surface area contributed by atoms with Gasteiger partial charge >= 0.3 is 6.03 Å². The zero-order chi connectivity index (χ0) is 11.5. The molecule has 0 aromatic carbocycles. The van der Waals surface area contributed by atoms with Crippen LogP contribution in [0.2, 0.25) is 0 Å². The smallest absolute Gasteiger partial charge is 0.320 e. The molecule has 0 bridgehead atoms. The molecule has 0 aliphatic rings. The van der Waals surface area contributed by atoms with Crippen LogP contribution in [-0.4, -0.2) is 18.2 Å². The fourth-order valence-electron chi connectivity index (χ4n) is 0.879. The van der Waals surface area contributed by atoms with Crippen molar-refractivity contribution < 1.29 is 9.32 Å². The first-order valence-electron chi connectivity index (χ1n) is 4.43. The zero-order valence-corrected chi connectivity index (χ0v) is 8.92. The molecule has 5 nitrogen and oxygen atoms in total. The maximum Gasteiger partial charge on any atom is 0.320 e. The number of carbonyl (C=O) groups excluding carboxylic acids is 1. The number of nitrogens with zero attached hydrogens (tertiary/aromatic N) is 1. The number of urea groups is 1. The number of aromatic nitrogens is 1. The third-order valence-electron chi connectivity index (χ3n) is 1.96. The highest BCUT2D eigenvalue weighted by Crippen LogP contribution is 2.24. The minimum absolute atomic E-state index is 0.340. The van der Waals surface area contributed by atoms with Gasteiger partial charge in [-0.05, 0) is 13.8 Å². The van der Waals surface area contributed by atoms with E-state index in [2.05, 4.69) is 21.7 Å². The molecule has 80 valence electrons. The fourth-order valence-corrected chi connectivity index (χ4v) is 0.879. The SMILES string of the molecule is C#CC(C)(C)c1cc(NC(=O)NC)no1. The average molecular weight is 207 g/mol. The highest BCUT2D eigenvalue weighted by atomic mass is 16.5. The molecule has 0 aliphatic carbocycles. The summed E-state index contributed by atoms with van der Waals surface area (Å²) in [6, 6.07) is 1.25. The predicted molar refractivity (Wildman–Crippen MR) is 56.4 cm³/mol. The Kier molecular flexibility index (Phi) is 3.00. The number of carbonyl (C=O) groups is 1. The Morgan fingerprint density at radius 3 is 2.87 bits per heavy atom. The summed E-state index contributed by atoms with van der Waals surface area (Å²) in [6.07, 6.45) is 5.34. The lowest BCUT2D eigenvalue weighted by Gasteiger charge is -2.11. The van der Waals surface area contributed by atoms with Crippen LogP contribution in [0.3, 0.4) is 0 Å². The van der Waals surface area contributed by atoms with Crippen molar-refractivity contribution >= 4 is 11.8 Å². The number of hydrogen-bond donors (Lipinski definition) is 2. The van der Waals surface area contributed by atoms with E-state index in [4.69, 9.17) is 10.9 Å². The van der Waals surface area contributed by atoms with Gasteiger partial charge in [-0.2, -0.15) is 0 Å². The average Bonchev–Trinajstić information content (AvgIpc) is 2.66. The van der Waals surface area contributed by atoms with E-state index in [1.165, 1.54) is 7.05 Å². The van der Waals surface area contributed by atoms with E-state index < -0.39 is 5.41 Å². The molecule has 2 amide bonds. The Labute approximate surface area is 88.2 Å². The minimum atomic E-state index is -0.532. The Morgan fingerprint density at radius 1 is 1.67 bits per heavy atom. The lowest BCUT2D eigenvalue weighted by molar-refractivity contribution is 0.253. The Morgan fingerprint density at radius 2 is 2.33 bits per heavy atom. The summed E-state index contributed by atoms with van der Waals surface area (Å²) in [4.78, 5) is 11.0. The summed E-state index contributed by atoms with van der Waals surface area (Å²) >= 11 is 0. The van der Waals surface area contributed by atoms with Gasteiger partial charge in [-0.3, -0.25) is 5.32 Å². The van der Waals surface area contributed by atoms with Crippen LogP contribution in [0.5, 0.6) is 0 Å². The molecule has 15 heavy (non-hydrogen) atoms. The number of amides is 2. The van der Waals surface area contributed by atoms with Crippen molar-refractivity contribution in [2.24, 2.45) is 0 Å². The molecule has 1 heterocycles. The second-order valence-corrected chi connectivity index (χ2v) is 3.55. The van der Waals surface area contributed by atoms with Gasteiger partial charge in [-0.25, -0.2) is 4.79 Å². The lowest BCUT2D eigenvalue weighted by atomic mass is 9.92. The van der Waals surface area contributed by atoms with E-state index in [1.807, 2.05) is 13.8 Å². The number of rotatable bonds is 2.